The third-order valence-electron chi connectivity index (χ3n) is 6.99. The monoisotopic (exact) mass is 548 g/mol. The largest absolute Gasteiger partial charge is 0.474 e. The predicted molar refractivity (Wildman–Crippen MR) is 153 cm³/mol. The number of nitrogens with zero attached hydrogens (tertiary/aromatic N) is 2. The maximum absolute atomic E-state index is 14.9. The maximum atomic E-state index is 14.9. The Kier molecular flexibility index (Phi) is 9.53. The van der Waals surface area contributed by atoms with E-state index in [0.717, 1.165) is 18.4 Å². The zero-order chi connectivity index (χ0) is 28.7. The zero-order valence-corrected chi connectivity index (χ0v) is 23.8. The first-order chi connectivity index (χ1) is 19.3. The van der Waals surface area contributed by atoms with Crippen molar-refractivity contribution in [2.45, 2.75) is 72.0 Å². The SMILES string of the molecule is CCc1ccc(-c2c(-c3ccccc3F)oc3ncnc(OC[C@H](CC)OCCC(=O)OC(C)(C)CC)c23)cc1. The molecule has 40 heavy (non-hydrogen) atoms. The number of rotatable bonds is 13. The minimum Gasteiger partial charge on any atom is -0.474 e. The van der Waals surface area contributed by atoms with Crippen LogP contribution in [0.15, 0.2) is 59.3 Å². The lowest BCUT2D eigenvalue weighted by molar-refractivity contribution is -0.158. The van der Waals surface area contributed by atoms with Crippen LogP contribution >= 0.6 is 0 Å². The van der Waals surface area contributed by atoms with Crippen LogP contribution < -0.4 is 4.74 Å². The van der Waals surface area contributed by atoms with Crippen LogP contribution in [0, 0.1) is 5.82 Å². The summed E-state index contributed by atoms with van der Waals surface area (Å²) in [5.41, 5.74) is 2.81. The second-order valence-electron chi connectivity index (χ2n) is 10.2. The number of benzene rings is 2. The van der Waals surface area contributed by atoms with Crippen LogP contribution in [0.3, 0.4) is 0 Å². The van der Waals surface area contributed by atoms with E-state index < -0.39 is 11.4 Å². The van der Waals surface area contributed by atoms with Gasteiger partial charge in [-0.15, -0.1) is 0 Å². The summed E-state index contributed by atoms with van der Waals surface area (Å²) in [6.07, 6.45) is 3.54. The summed E-state index contributed by atoms with van der Waals surface area (Å²) in [5.74, 6) is -0.0155. The van der Waals surface area contributed by atoms with Crippen molar-refractivity contribution < 1.29 is 27.8 Å². The van der Waals surface area contributed by atoms with Crippen molar-refractivity contribution in [3.63, 3.8) is 0 Å². The normalized spacial score (nSPS) is 12.4. The number of furan rings is 1. The van der Waals surface area contributed by atoms with Gasteiger partial charge < -0.3 is 18.6 Å². The van der Waals surface area contributed by atoms with Crippen LogP contribution in [0.25, 0.3) is 33.6 Å². The van der Waals surface area contributed by atoms with Gasteiger partial charge in [0.2, 0.25) is 11.6 Å². The third kappa shape index (κ3) is 6.86. The molecule has 1 atom stereocenters. The van der Waals surface area contributed by atoms with Gasteiger partial charge in [-0.2, -0.15) is 0 Å². The Balaban J connectivity index is 1.60. The van der Waals surface area contributed by atoms with Gasteiger partial charge in [0.05, 0.1) is 24.7 Å². The molecule has 2 heterocycles. The number of halogens is 1. The van der Waals surface area contributed by atoms with E-state index in [1.54, 1.807) is 18.2 Å². The fourth-order valence-corrected chi connectivity index (χ4v) is 4.23. The summed E-state index contributed by atoms with van der Waals surface area (Å²) in [6.45, 7) is 10.2. The van der Waals surface area contributed by atoms with Crippen LogP contribution in [-0.4, -0.2) is 40.9 Å². The van der Waals surface area contributed by atoms with E-state index in [-0.39, 0.29) is 31.7 Å². The molecular formula is C32H37FN2O5. The fourth-order valence-electron chi connectivity index (χ4n) is 4.23. The van der Waals surface area contributed by atoms with Crippen LogP contribution in [0.2, 0.25) is 0 Å². The van der Waals surface area contributed by atoms with Crippen molar-refractivity contribution in [2.24, 2.45) is 0 Å². The molecular weight excluding hydrogens is 511 g/mol. The zero-order valence-electron chi connectivity index (χ0n) is 23.8. The smallest absolute Gasteiger partial charge is 0.308 e. The molecule has 8 heteroatoms. The van der Waals surface area contributed by atoms with Crippen molar-refractivity contribution in [1.29, 1.82) is 0 Å². The second-order valence-corrected chi connectivity index (χ2v) is 10.2. The highest BCUT2D eigenvalue weighted by Gasteiger charge is 2.25. The van der Waals surface area contributed by atoms with E-state index in [1.165, 1.54) is 18.0 Å². The van der Waals surface area contributed by atoms with Gasteiger partial charge in [-0.1, -0.05) is 57.2 Å². The number of fused-ring (bicyclic) bond motifs is 1. The summed E-state index contributed by atoms with van der Waals surface area (Å²) < 4.78 is 38.7. The van der Waals surface area contributed by atoms with Gasteiger partial charge >= 0.3 is 5.97 Å². The molecule has 212 valence electrons. The number of carbonyl (C=O) groups is 1. The molecule has 7 nitrogen and oxygen atoms in total. The Bertz CT molecular complexity index is 1430. The molecule has 0 aliphatic rings. The Morgan fingerprint density at radius 1 is 1.05 bits per heavy atom. The summed E-state index contributed by atoms with van der Waals surface area (Å²) in [7, 11) is 0. The van der Waals surface area contributed by atoms with Gasteiger partial charge in [0.25, 0.3) is 0 Å². The van der Waals surface area contributed by atoms with Crippen molar-refractivity contribution in [1.82, 2.24) is 9.97 Å². The van der Waals surface area contributed by atoms with Crippen LogP contribution in [0.5, 0.6) is 5.88 Å². The first-order valence-corrected chi connectivity index (χ1v) is 13.8. The minimum absolute atomic E-state index is 0.156. The lowest BCUT2D eigenvalue weighted by Gasteiger charge is -2.23. The lowest BCUT2D eigenvalue weighted by Crippen LogP contribution is -2.28. The molecule has 0 bridgehead atoms. The van der Waals surface area contributed by atoms with E-state index >= 15 is 0 Å². The van der Waals surface area contributed by atoms with Crippen molar-refractivity contribution in [3.8, 4) is 28.3 Å². The number of hydrogen-bond donors (Lipinski definition) is 0. The maximum Gasteiger partial charge on any atom is 0.308 e. The molecule has 2 aromatic carbocycles. The number of carbonyl (C=O) groups excluding carboxylic acids is 1. The molecule has 0 aliphatic heterocycles. The fraction of sp³-hybridized carbons (Fsp3) is 0.406. The molecule has 4 aromatic rings. The number of aromatic nitrogens is 2. The minimum atomic E-state index is -0.497. The number of ether oxygens (including phenoxy) is 3. The topological polar surface area (TPSA) is 83.7 Å². The molecule has 0 saturated carbocycles. The average molecular weight is 549 g/mol. The first-order valence-electron chi connectivity index (χ1n) is 13.8. The highest BCUT2D eigenvalue weighted by Crippen LogP contribution is 2.44. The van der Waals surface area contributed by atoms with Crippen molar-refractivity contribution in [2.75, 3.05) is 13.2 Å². The Morgan fingerprint density at radius 2 is 1.80 bits per heavy atom. The van der Waals surface area contributed by atoms with E-state index in [9.17, 15) is 9.18 Å². The van der Waals surface area contributed by atoms with Gasteiger partial charge in [-0.05, 0) is 56.4 Å². The number of esters is 1. The highest BCUT2D eigenvalue weighted by molar-refractivity contribution is 6.03. The molecule has 0 saturated heterocycles. The molecule has 0 spiro atoms. The van der Waals surface area contributed by atoms with Gasteiger partial charge in [0.1, 0.15) is 35.5 Å². The summed E-state index contributed by atoms with van der Waals surface area (Å²) >= 11 is 0. The van der Waals surface area contributed by atoms with E-state index in [4.69, 9.17) is 18.6 Å². The molecule has 4 rings (SSSR count). The average Bonchev–Trinajstić information content (AvgIpc) is 3.35. The second kappa shape index (κ2) is 13.0. The third-order valence-corrected chi connectivity index (χ3v) is 6.99. The summed E-state index contributed by atoms with van der Waals surface area (Å²) in [5, 5.41) is 0.560. The van der Waals surface area contributed by atoms with Gasteiger partial charge in [0, 0.05) is 5.56 Å². The van der Waals surface area contributed by atoms with Gasteiger partial charge in [-0.25, -0.2) is 14.4 Å². The molecule has 0 radical (unpaired) electrons. The number of hydrogen-bond acceptors (Lipinski definition) is 7. The molecule has 0 N–H and O–H groups in total. The van der Waals surface area contributed by atoms with Crippen LogP contribution in [-0.2, 0) is 20.7 Å². The quantitative estimate of drug-likeness (QED) is 0.159. The lowest BCUT2D eigenvalue weighted by atomic mass is 9.98. The summed E-state index contributed by atoms with van der Waals surface area (Å²) in [4.78, 5) is 20.9. The molecule has 0 unspecified atom stereocenters. The van der Waals surface area contributed by atoms with Crippen LogP contribution in [0.4, 0.5) is 4.39 Å². The Labute approximate surface area is 234 Å². The van der Waals surface area contributed by atoms with Gasteiger partial charge in [-0.3, -0.25) is 4.79 Å². The van der Waals surface area contributed by atoms with Crippen molar-refractivity contribution >= 4 is 17.1 Å². The van der Waals surface area contributed by atoms with E-state index in [2.05, 4.69) is 16.9 Å². The molecule has 0 amide bonds. The molecule has 0 aliphatic carbocycles. The van der Waals surface area contributed by atoms with Crippen molar-refractivity contribution in [3.05, 3.63) is 66.2 Å². The Hall–Kier alpha value is -3.78. The van der Waals surface area contributed by atoms with E-state index in [0.29, 0.717) is 40.3 Å². The molecule has 2 aromatic heterocycles. The standard InChI is InChI=1S/C32H37FN2O5/c1-6-21-13-15-22(16-14-21)27-28-30(34-20-35-31(28)39-29(27)24-11-9-10-12-25(24)33)38-19-23(7-2)37-18-17-26(36)40-32(4,5)8-3/h9-16,20,23H,6-8,17-19H2,1-5H3/t23-/m0/s1. The predicted octanol–water partition coefficient (Wildman–Crippen LogP) is 7.55. The first kappa shape index (κ1) is 29.2. The van der Waals surface area contributed by atoms with Crippen LogP contribution in [0.1, 0.15) is 59.4 Å². The van der Waals surface area contributed by atoms with Gasteiger partial charge in [0.15, 0.2) is 0 Å². The van der Waals surface area contributed by atoms with E-state index in [1.807, 2.05) is 52.0 Å². The number of aryl methyl sites for hydroxylation is 1. The highest BCUT2D eigenvalue weighted by atomic mass is 19.1. The summed E-state index contributed by atoms with van der Waals surface area (Å²) in [6, 6.07) is 14.5. The molecule has 0 fully saturated rings. The Morgan fingerprint density at radius 3 is 2.48 bits per heavy atom.